The highest BCUT2D eigenvalue weighted by Crippen LogP contribution is 1.78. The van der Waals surface area contributed by atoms with E-state index in [9.17, 15) is 4.79 Å². The number of carbonyl (C=O) groups is 1. The molecule has 0 saturated carbocycles. The summed E-state index contributed by atoms with van der Waals surface area (Å²) in [5, 5.41) is 0. The minimum atomic E-state index is -0.444. The molecule has 10 heavy (non-hydrogen) atoms. The van der Waals surface area contributed by atoms with E-state index in [0.29, 0.717) is 6.61 Å². The van der Waals surface area contributed by atoms with E-state index >= 15 is 0 Å². The van der Waals surface area contributed by atoms with Crippen LogP contribution in [0.2, 0.25) is 0 Å². The van der Waals surface area contributed by atoms with Gasteiger partial charge < -0.3 is 15.2 Å². The van der Waals surface area contributed by atoms with E-state index in [1.165, 1.54) is 0 Å². The van der Waals surface area contributed by atoms with Gasteiger partial charge in [-0.3, -0.25) is 0 Å². The molecule has 0 aromatic heterocycles. The summed E-state index contributed by atoms with van der Waals surface area (Å²) in [4.78, 5) is 10.3. The molecule has 0 spiro atoms. The van der Waals surface area contributed by atoms with E-state index in [4.69, 9.17) is 10.5 Å². The highest BCUT2D eigenvalue weighted by molar-refractivity contribution is 5.81. The molecule has 0 amide bonds. The molecule has 0 atom stereocenters. The Morgan fingerprint density at radius 1 is 1.60 bits per heavy atom. The van der Waals surface area contributed by atoms with Crippen LogP contribution in [0, 0.1) is 0 Å². The van der Waals surface area contributed by atoms with Gasteiger partial charge in [-0.1, -0.05) is 6.58 Å². The molecule has 4 nitrogen and oxygen atoms in total. The molecule has 0 rings (SSSR count). The highest BCUT2D eigenvalue weighted by atomic mass is 16.6. The van der Waals surface area contributed by atoms with E-state index in [1.807, 2.05) is 0 Å². The van der Waals surface area contributed by atoms with Crippen LogP contribution < -0.4 is 5.73 Å². The lowest BCUT2D eigenvalue weighted by Gasteiger charge is -2.00. The third-order valence-corrected chi connectivity index (χ3v) is 0.757. The topological polar surface area (TPSA) is 61.5 Å². The predicted octanol–water partition coefficient (Wildman–Crippen LogP) is -0.352. The predicted molar refractivity (Wildman–Crippen MR) is 36.2 cm³/mol. The zero-order valence-electron chi connectivity index (χ0n) is 5.71. The Hall–Kier alpha value is -0.870. The van der Waals surface area contributed by atoms with Gasteiger partial charge in [-0.05, 0) is 0 Å². The summed E-state index contributed by atoms with van der Waals surface area (Å²) in [5.41, 5.74) is 5.00. The number of rotatable bonds is 5. The van der Waals surface area contributed by atoms with Crippen LogP contribution in [0.1, 0.15) is 0 Å². The first-order valence-electron chi connectivity index (χ1n) is 2.88. The van der Waals surface area contributed by atoms with Gasteiger partial charge >= 0.3 is 5.97 Å². The molecule has 0 saturated heterocycles. The lowest BCUT2D eigenvalue weighted by molar-refractivity contribution is -0.139. The Balaban J connectivity index is 3.03. The molecule has 0 unspecified atom stereocenters. The quantitative estimate of drug-likeness (QED) is 0.248. The fourth-order valence-corrected chi connectivity index (χ4v) is 0.343. The van der Waals surface area contributed by atoms with Crippen molar-refractivity contribution in [3.63, 3.8) is 0 Å². The number of esters is 1. The fraction of sp³-hybridized carbons (Fsp3) is 0.500. The van der Waals surface area contributed by atoms with Gasteiger partial charge in [-0.25, -0.2) is 4.79 Å². The van der Waals surface area contributed by atoms with Gasteiger partial charge in [-0.2, -0.15) is 0 Å². The summed E-state index contributed by atoms with van der Waals surface area (Å²) in [7, 11) is 0. The number of hydrogen-bond acceptors (Lipinski definition) is 4. The average Bonchev–Trinajstić information content (AvgIpc) is 1.98. The van der Waals surface area contributed by atoms with Crippen LogP contribution in [0.15, 0.2) is 12.7 Å². The van der Waals surface area contributed by atoms with Crippen molar-refractivity contribution in [2.24, 2.45) is 5.73 Å². The van der Waals surface area contributed by atoms with Crippen molar-refractivity contribution in [3.05, 3.63) is 12.7 Å². The van der Waals surface area contributed by atoms with Crippen LogP contribution >= 0.6 is 0 Å². The maximum atomic E-state index is 10.3. The molecule has 0 aliphatic heterocycles. The van der Waals surface area contributed by atoms with Crippen molar-refractivity contribution in [1.82, 2.24) is 0 Å². The Morgan fingerprint density at radius 3 is 2.80 bits per heavy atom. The number of ether oxygens (including phenoxy) is 2. The van der Waals surface area contributed by atoms with Crippen molar-refractivity contribution < 1.29 is 14.3 Å². The molecule has 0 fully saturated rings. The number of hydrogen-bond donors (Lipinski definition) is 1. The lowest BCUT2D eigenvalue weighted by Crippen LogP contribution is -2.12. The van der Waals surface area contributed by atoms with Gasteiger partial charge in [0.25, 0.3) is 0 Å². The summed E-state index contributed by atoms with van der Waals surface area (Å²) < 4.78 is 9.25. The Morgan fingerprint density at radius 2 is 2.30 bits per heavy atom. The second-order valence-electron chi connectivity index (χ2n) is 1.45. The second-order valence-corrected chi connectivity index (χ2v) is 1.45. The van der Waals surface area contributed by atoms with Crippen LogP contribution in [0.4, 0.5) is 0 Å². The second kappa shape index (κ2) is 6.25. The normalized spacial score (nSPS) is 8.90. The first-order chi connectivity index (χ1) is 4.81. The van der Waals surface area contributed by atoms with Crippen LogP contribution in [-0.2, 0) is 14.3 Å². The minimum Gasteiger partial charge on any atom is -0.460 e. The van der Waals surface area contributed by atoms with Crippen LogP contribution in [0.25, 0.3) is 0 Å². The molecule has 58 valence electrons. The van der Waals surface area contributed by atoms with E-state index in [0.717, 1.165) is 6.08 Å². The molecule has 0 aliphatic carbocycles. The zero-order valence-corrected chi connectivity index (χ0v) is 5.71. The molecular formula is C6H11NO3. The molecule has 0 aliphatic rings. The monoisotopic (exact) mass is 145 g/mol. The van der Waals surface area contributed by atoms with Crippen molar-refractivity contribution in [2.45, 2.75) is 0 Å². The SMILES string of the molecule is C=CC(=O)OCCOCN. The molecule has 4 heteroatoms. The average molecular weight is 145 g/mol. The van der Waals surface area contributed by atoms with Crippen molar-refractivity contribution in [3.8, 4) is 0 Å². The number of carbonyl (C=O) groups excluding carboxylic acids is 1. The third kappa shape index (κ3) is 5.27. The molecule has 0 aromatic rings. The Bertz CT molecular complexity index is 114. The summed E-state index contributed by atoms with van der Waals surface area (Å²) in [5.74, 6) is -0.444. The largest absolute Gasteiger partial charge is 0.460 e. The summed E-state index contributed by atoms with van der Waals surface area (Å²) in [6.45, 7) is 3.92. The van der Waals surface area contributed by atoms with Gasteiger partial charge in [-0.15, -0.1) is 0 Å². The van der Waals surface area contributed by atoms with Gasteiger partial charge in [0.2, 0.25) is 0 Å². The standard InChI is InChI=1S/C6H11NO3/c1-2-6(8)10-4-3-9-5-7/h2H,1,3-5,7H2. The number of nitrogens with two attached hydrogens (primary N) is 1. The van der Waals surface area contributed by atoms with Gasteiger partial charge in [0.1, 0.15) is 6.61 Å². The summed E-state index contributed by atoms with van der Waals surface area (Å²) in [6, 6.07) is 0. The Labute approximate surface area is 59.6 Å². The van der Waals surface area contributed by atoms with Crippen LogP contribution in [0.5, 0.6) is 0 Å². The van der Waals surface area contributed by atoms with E-state index in [2.05, 4.69) is 11.3 Å². The molecule has 0 bridgehead atoms. The first kappa shape index (κ1) is 9.13. The zero-order chi connectivity index (χ0) is 7.82. The van der Waals surface area contributed by atoms with E-state index in [-0.39, 0.29) is 13.3 Å². The molecular weight excluding hydrogens is 134 g/mol. The van der Waals surface area contributed by atoms with E-state index in [1.54, 1.807) is 0 Å². The molecule has 2 N–H and O–H groups in total. The van der Waals surface area contributed by atoms with Crippen molar-refractivity contribution in [1.29, 1.82) is 0 Å². The third-order valence-electron chi connectivity index (χ3n) is 0.757. The maximum absolute atomic E-state index is 10.3. The van der Waals surface area contributed by atoms with Gasteiger partial charge in [0.15, 0.2) is 0 Å². The molecule has 0 radical (unpaired) electrons. The van der Waals surface area contributed by atoms with Crippen LogP contribution in [-0.4, -0.2) is 25.9 Å². The van der Waals surface area contributed by atoms with E-state index < -0.39 is 5.97 Å². The van der Waals surface area contributed by atoms with Crippen LogP contribution in [0.3, 0.4) is 0 Å². The van der Waals surface area contributed by atoms with Gasteiger partial charge in [0, 0.05) is 6.08 Å². The lowest BCUT2D eigenvalue weighted by atomic mass is 10.6. The van der Waals surface area contributed by atoms with Crippen molar-refractivity contribution in [2.75, 3.05) is 19.9 Å². The highest BCUT2D eigenvalue weighted by Gasteiger charge is 1.92. The Kier molecular flexibility index (Phi) is 5.71. The maximum Gasteiger partial charge on any atom is 0.330 e. The smallest absolute Gasteiger partial charge is 0.330 e. The van der Waals surface area contributed by atoms with Gasteiger partial charge in [0.05, 0.1) is 13.3 Å². The minimum absolute atomic E-state index is 0.144. The molecule has 0 heterocycles. The first-order valence-corrected chi connectivity index (χ1v) is 2.88. The van der Waals surface area contributed by atoms with Crippen molar-refractivity contribution >= 4 is 5.97 Å². The fourth-order valence-electron chi connectivity index (χ4n) is 0.343. The summed E-state index contributed by atoms with van der Waals surface area (Å²) >= 11 is 0. The summed E-state index contributed by atoms with van der Waals surface area (Å²) in [6.07, 6.45) is 1.10. The molecule has 0 aromatic carbocycles.